The lowest BCUT2D eigenvalue weighted by molar-refractivity contribution is 0.932. The minimum atomic E-state index is 0.336. The van der Waals surface area contributed by atoms with Gasteiger partial charge in [-0.3, -0.25) is 0 Å². The Morgan fingerprint density at radius 3 is 2.61 bits per heavy atom. The molecule has 0 aliphatic heterocycles. The standard InChI is InChI=1S/C15H13Br2I/c1-10-4-2-3-5-11(10)8-15(17)13-9-12(18)6-7-14(13)16/h2-7,9,15H,8H2,1H3. The SMILES string of the molecule is Cc1ccccc1CC(Br)c1cc(I)ccc1Br. The van der Waals surface area contributed by atoms with Crippen LogP contribution < -0.4 is 0 Å². The molecule has 2 aromatic rings. The van der Waals surface area contributed by atoms with Crippen LogP contribution >= 0.6 is 54.5 Å². The Bertz CT molecular complexity index is 552. The van der Waals surface area contributed by atoms with Gasteiger partial charge in [0.2, 0.25) is 0 Å². The van der Waals surface area contributed by atoms with E-state index in [1.807, 2.05) is 0 Å². The third-order valence-electron chi connectivity index (χ3n) is 2.96. The van der Waals surface area contributed by atoms with Gasteiger partial charge in [-0.15, -0.1) is 0 Å². The van der Waals surface area contributed by atoms with Crippen molar-refractivity contribution in [2.45, 2.75) is 18.2 Å². The van der Waals surface area contributed by atoms with Crippen molar-refractivity contribution in [3.8, 4) is 0 Å². The predicted molar refractivity (Wildman–Crippen MR) is 93.4 cm³/mol. The molecule has 0 saturated heterocycles. The Morgan fingerprint density at radius 2 is 1.89 bits per heavy atom. The van der Waals surface area contributed by atoms with Crippen molar-refractivity contribution in [1.29, 1.82) is 0 Å². The fourth-order valence-electron chi connectivity index (χ4n) is 1.90. The van der Waals surface area contributed by atoms with Gasteiger partial charge in [-0.1, -0.05) is 56.1 Å². The van der Waals surface area contributed by atoms with Crippen LogP contribution in [0.1, 0.15) is 21.5 Å². The molecular formula is C15H13Br2I. The van der Waals surface area contributed by atoms with Gasteiger partial charge in [0, 0.05) is 12.9 Å². The van der Waals surface area contributed by atoms with Crippen LogP contribution in [0.2, 0.25) is 0 Å². The molecule has 0 spiro atoms. The fraction of sp³-hybridized carbons (Fsp3) is 0.200. The third kappa shape index (κ3) is 3.58. The monoisotopic (exact) mass is 478 g/mol. The normalized spacial score (nSPS) is 12.4. The second-order valence-corrected chi connectivity index (χ2v) is 7.47. The zero-order chi connectivity index (χ0) is 13.1. The summed E-state index contributed by atoms with van der Waals surface area (Å²) in [6.45, 7) is 2.17. The number of hydrogen-bond donors (Lipinski definition) is 0. The van der Waals surface area contributed by atoms with Crippen molar-refractivity contribution < 1.29 is 0 Å². The van der Waals surface area contributed by atoms with Crippen LogP contribution in [0.3, 0.4) is 0 Å². The van der Waals surface area contributed by atoms with E-state index in [9.17, 15) is 0 Å². The zero-order valence-corrected chi connectivity index (χ0v) is 15.3. The second-order valence-electron chi connectivity index (χ2n) is 4.26. The molecule has 0 amide bonds. The Kier molecular flexibility index (Phi) is 5.27. The molecule has 3 heteroatoms. The van der Waals surface area contributed by atoms with E-state index >= 15 is 0 Å². The van der Waals surface area contributed by atoms with Gasteiger partial charge in [0.25, 0.3) is 0 Å². The van der Waals surface area contributed by atoms with Gasteiger partial charge in [0.05, 0.1) is 0 Å². The molecule has 2 aromatic carbocycles. The number of alkyl halides is 1. The van der Waals surface area contributed by atoms with E-state index in [1.54, 1.807) is 0 Å². The topological polar surface area (TPSA) is 0 Å². The molecular weight excluding hydrogens is 467 g/mol. The molecule has 18 heavy (non-hydrogen) atoms. The Balaban J connectivity index is 2.25. The highest BCUT2D eigenvalue weighted by atomic mass is 127. The first-order valence-corrected chi connectivity index (χ1v) is 8.50. The van der Waals surface area contributed by atoms with E-state index in [4.69, 9.17) is 0 Å². The van der Waals surface area contributed by atoms with Crippen LogP contribution in [-0.2, 0) is 6.42 Å². The van der Waals surface area contributed by atoms with Crippen LogP contribution in [-0.4, -0.2) is 0 Å². The van der Waals surface area contributed by atoms with Crippen LogP contribution in [0.15, 0.2) is 46.9 Å². The lowest BCUT2D eigenvalue weighted by Gasteiger charge is -2.14. The van der Waals surface area contributed by atoms with Gasteiger partial charge in [-0.25, -0.2) is 0 Å². The Labute approximate surface area is 139 Å². The van der Waals surface area contributed by atoms with E-state index in [2.05, 4.69) is 104 Å². The summed E-state index contributed by atoms with van der Waals surface area (Å²) in [6.07, 6.45) is 1.01. The van der Waals surface area contributed by atoms with E-state index in [-0.39, 0.29) is 0 Å². The summed E-state index contributed by atoms with van der Waals surface area (Å²) in [4.78, 5) is 0.336. The van der Waals surface area contributed by atoms with Gasteiger partial charge in [-0.2, -0.15) is 0 Å². The van der Waals surface area contributed by atoms with Crippen molar-refractivity contribution in [1.82, 2.24) is 0 Å². The molecule has 0 nitrogen and oxygen atoms in total. The molecule has 0 aliphatic carbocycles. The molecule has 2 rings (SSSR count). The van der Waals surface area contributed by atoms with E-state index in [1.165, 1.54) is 24.7 Å². The smallest absolute Gasteiger partial charge is 0.0447 e. The average molecular weight is 480 g/mol. The van der Waals surface area contributed by atoms with Crippen LogP contribution in [0.5, 0.6) is 0 Å². The number of aryl methyl sites for hydroxylation is 1. The molecule has 0 heterocycles. The summed E-state index contributed by atoms with van der Waals surface area (Å²) in [5.41, 5.74) is 4.05. The summed E-state index contributed by atoms with van der Waals surface area (Å²) in [5, 5.41) is 0. The second kappa shape index (κ2) is 6.53. The third-order valence-corrected chi connectivity index (χ3v) is 5.17. The molecule has 1 atom stereocenters. The highest BCUT2D eigenvalue weighted by molar-refractivity contribution is 14.1. The maximum atomic E-state index is 3.81. The van der Waals surface area contributed by atoms with Gasteiger partial charge >= 0.3 is 0 Å². The fourth-order valence-corrected chi connectivity index (χ4v) is 3.97. The molecule has 0 saturated carbocycles. The average Bonchev–Trinajstić information content (AvgIpc) is 2.35. The number of halogens is 3. The number of hydrogen-bond acceptors (Lipinski definition) is 0. The zero-order valence-electron chi connectivity index (χ0n) is 9.96. The summed E-state index contributed by atoms with van der Waals surface area (Å²) in [7, 11) is 0. The molecule has 0 bridgehead atoms. The quantitative estimate of drug-likeness (QED) is 0.372. The van der Waals surface area contributed by atoms with Crippen molar-refractivity contribution in [2.75, 3.05) is 0 Å². The minimum absolute atomic E-state index is 0.336. The van der Waals surface area contributed by atoms with Gasteiger partial charge in [0.15, 0.2) is 0 Å². The van der Waals surface area contributed by atoms with Crippen molar-refractivity contribution >= 4 is 54.5 Å². The van der Waals surface area contributed by atoms with Crippen molar-refractivity contribution in [2.24, 2.45) is 0 Å². The Morgan fingerprint density at radius 1 is 1.17 bits per heavy atom. The number of benzene rings is 2. The summed E-state index contributed by atoms with van der Waals surface area (Å²) >= 11 is 9.79. The maximum absolute atomic E-state index is 3.81. The number of rotatable bonds is 3. The lowest BCUT2D eigenvalue weighted by Crippen LogP contribution is -1.99. The van der Waals surface area contributed by atoms with Gasteiger partial charge < -0.3 is 0 Å². The minimum Gasteiger partial charge on any atom is -0.0835 e. The highest BCUT2D eigenvalue weighted by Gasteiger charge is 2.13. The van der Waals surface area contributed by atoms with Crippen LogP contribution in [0.4, 0.5) is 0 Å². The van der Waals surface area contributed by atoms with Crippen molar-refractivity contribution in [3.63, 3.8) is 0 Å². The first-order valence-electron chi connectivity index (χ1n) is 5.71. The molecule has 0 N–H and O–H groups in total. The molecule has 94 valence electrons. The molecule has 0 aromatic heterocycles. The lowest BCUT2D eigenvalue weighted by atomic mass is 10.0. The molecule has 1 unspecified atom stereocenters. The molecule has 0 fully saturated rings. The Hall–Kier alpha value is 0.130. The molecule has 0 aliphatic rings. The van der Waals surface area contributed by atoms with Crippen LogP contribution in [0, 0.1) is 10.5 Å². The first-order chi connectivity index (χ1) is 8.58. The predicted octanol–water partition coefficient (Wildman–Crippen LogP) is 6.04. The van der Waals surface area contributed by atoms with Crippen molar-refractivity contribution in [3.05, 3.63) is 67.2 Å². The van der Waals surface area contributed by atoms with Gasteiger partial charge in [-0.05, 0) is 70.8 Å². The molecule has 0 radical (unpaired) electrons. The van der Waals surface area contributed by atoms with E-state index in [0.29, 0.717) is 4.83 Å². The van der Waals surface area contributed by atoms with Gasteiger partial charge in [0.1, 0.15) is 0 Å². The summed E-state index contributed by atoms with van der Waals surface area (Å²) in [5.74, 6) is 0. The highest BCUT2D eigenvalue weighted by Crippen LogP contribution is 2.34. The maximum Gasteiger partial charge on any atom is 0.0447 e. The summed E-state index contributed by atoms with van der Waals surface area (Å²) < 4.78 is 2.43. The largest absolute Gasteiger partial charge is 0.0835 e. The summed E-state index contributed by atoms with van der Waals surface area (Å²) in [6, 6.07) is 15.0. The van der Waals surface area contributed by atoms with Crippen LogP contribution in [0.25, 0.3) is 0 Å². The van der Waals surface area contributed by atoms with E-state index < -0.39 is 0 Å². The van der Waals surface area contributed by atoms with E-state index in [0.717, 1.165) is 6.42 Å². The first kappa shape index (κ1) is 14.5.